The standard InChI is InChI=1S/C13H15N3O/c1-14-13-15-11(12(17)16-13)10-4-2-3-9(7-10)8-5-6-8/h2-4,7-8,11H,5-6H2,1H3,(H2,14,15,16,17). The molecule has 0 radical (unpaired) electrons. The normalized spacial score (nSPS) is 25.8. The van der Waals surface area contributed by atoms with Crippen LogP contribution in [-0.4, -0.2) is 18.9 Å². The SMILES string of the molecule is CN=C1NC(=O)C(c2cccc(C3CC3)c2)N1. The molecule has 1 aliphatic heterocycles. The summed E-state index contributed by atoms with van der Waals surface area (Å²) in [6.45, 7) is 0. The Bertz CT molecular complexity index is 491. The van der Waals surface area contributed by atoms with Crippen molar-refractivity contribution >= 4 is 11.9 Å². The van der Waals surface area contributed by atoms with Crippen molar-refractivity contribution in [2.75, 3.05) is 7.05 Å². The van der Waals surface area contributed by atoms with E-state index in [4.69, 9.17) is 0 Å². The van der Waals surface area contributed by atoms with Crippen LogP contribution in [0.25, 0.3) is 0 Å². The Hall–Kier alpha value is -1.84. The summed E-state index contributed by atoms with van der Waals surface area (Å²) < 4.78 is 0. The Morgan fingerprint density at radius 1 is 1.29 bits per heavy atom. The van der Waals surface area contributed by atoms with Crippen molar-refractivity contribution in [3.63, 3.8) is 0 Å². The smallest absolute Gasteiger partial charge is 0.253 e. The van der Waals surface area contributed by atoms with Gasteiger partial charge in [0, 0.05) is 7.05 Å². The molecule has 1 atom stereocenters. The second kappa shape index (κ2) is 3.87. The molecule has 1 amide bonds. The first kappa shape index (κ1) is 10.3. The molecule has 0 spiro atoms. The van der Waals surface area contributed by atoms with Gasteiger partial charge in [-0.1, -0.05) is 24.3 Å². The molecule has 4 heteroatoms. The fourth-order valence-electron chi connectivity index (χ4n) is 2.19. The van der Waals surface area contributed by atoms with E-state index in [1.165, 1.54) is 18.4 Å². The lowest BCUT2D eigenvalue weighted by Crippen LogP contribution is -2.24. The third-order valence-electron chi connectivity index (χ3n) is 3.30. The fourth-order valence-corrected chi connectivity index (χ4v) is 2.19. The molecule has 2 N–H and O–H groups in total. The van der Waals surface area contributed by atoms with Gasteiger partial charge in [0.25, 0.3) is 5.91 Å². The third-order valence-corrected chi connectivity index (χ3v) is 3.30. The van der Waals surface area contributed by atoms with Gasteiger partial charge in [-0.05, 0) is 29.9 Å². The van der Waals surface area contributed by atoms with E-state index < -0.39 is 0 Å². The molecule has 4 nitrogen and oxygen atoms in total. The zero-order chi connectivity index (χ0) is 11.8. The predicted octanol–water partition coefficient (Wildman–Crippen LogP) is 1.31. The quantitative estimate of drug-likeness (QED) is 0.803. The Balaban J connectivity index is 1.88. The van der Waals surface area contributed by atoms with Crippen LogP contribution in [0.5, 0.6) is 0 Å². The highest BCUT2D eigenvalue weighted by molar-refractivity contribution is 6.06. The van der Waals surface area contributed by atoms with Crippen molar-refractivity contribution in [1.29, 1.82) is 0 Å². The molecule has 2 fully saturated rings. The van der Waals surface area contributed by atoms with Crippen LogP contribution in [-0.2, 0) is 4.79 Å². The van der Waals surface area contributed by atoms with Crippen LogP contribution in [0.4, 0.5) is 0 Å². The first-order valence-corrected chi connectivity index (χ1v) is 5.92. The number of carbonyl (C=O) groups excluding carboxylic acids is 1. The number of guanidine groups is 1. The van der Waals surface area contributed by atoms with Crippen molar-refractivity contribution in [3.8, 4) is 0 Å². The van der Waals surface area contributed by atoms with Crippen molar-refractivity contribution in [2.45, 2.75) is 24.8 Å². The van der Waals surface area contributed by atoms with Gasteiger partial charge in [-0.25, -0.2) is 0 Å². The van der Waals surface area contributed by atoms with Gasteiger partial charge in [-0.2, -0.15) is 0 Å². The van der Waals surface area contributed by atoms with Gasteiger partial charge >= 0.3 is 0 Å². The maximum absolute atomic E-state index is 11.8. The van der Waals surface area contributed by atoms with E-state index in [0.29, 0.717) is 11.9 Å². The fraction of sp³-hybridized carbons (Fsp3) is 0.385. The molecule has 1 unspecified atom stereocenters. The van der Waals surface area contributed by atoms with Crippen molar-refractivity contribution in [2.24, 2.45) is 4.99 Å². The number of carbonyl (C=O) groups is 1. The summed E-state index contributed by atoms with van der Waals surface area (Å²) in [4.78, 5) is 15.7. The van der Waals surface area contributed by atoms with Gasteiger partial charge in [-0.15, -0.1) is 0 Å². The van der Waals surface area contributed by atoms with E-state index in [2.05, 4.69) is 27.8 Å². The lowest BCUT2D eigenvalue weighted by atomic mass is 10.0. The number of rotatable bonds is 2. The summed E-state index contributed by atoms with van der Waals surface area (Å²) in [6.07, 6.45) is 2.55. The van der Waals surface area contributed by atoms with Gasteiger partial charge in [0.1, 0.15) is 6.04 Å². The average Bonchev–Trinajstić information content (AvgIpc) is 3.13. The summed E-state index contributed by atoms with van der Waals surface area (Å²) in [5.41, 5.74) is 2.37. The zero-order valence-electron chi connectivity index (χ0n) is 9.73. The molecule has 1 aromatic rings. The Kier molecular flexibility index (Phi) is 2.35. The molecule has 88 valence electrons. The summed E-state index contributed by atoms with van der Waals surface area (Å²) in [7, 11) is 1.66. The Labute approximate surface area is 100 Å². The summed E-state index contributed by atoms with van der Waals surface area (Å²) in [5.74, 6) is 1.23. The molecule has 1 aliphatic carbocycles. The van der Waals surface area contributed by atoms with Crippen molar-refractivity contribution in [3.05, 3.63) is 35.4 Å². The second-order valence-electron chi connectivity index (χ2n) is 4.58. The third kappa shape index (κ3) is 1.90. The highest BCUT2D eigenvalue weighted by atomic mass is 16.2. The molecule has 1 heterocycles. The van der Waals surface area contributed by atoms with Gasteiger partial charge < -0.3 is 5.32 Å². The Morgan fingerprint density at radius 2 is 2.06 bits per heavy atom. The van der Waals surface area contributed by atoms with E-state index >= 15 is 0 Å². The molecule has 1 aromatic carbocycles. The number of amides is 1. The van der Waals surface area contributed by atoms with Crippen LogP contribution in [0.2, 0.25) is 0 Å². The predicted molar refractivity (Wildman–Crippen MR) is 65.8 cm³/mol. The minimum absolute atomic E-state index is 0.0291. The minimum Gasteiger partial charge on any atom is -0.340 e. The number of benzene rings is 1. The average molecular weight is 229 g/mol. The summed E-state index contributed by atoms with van der Waals surface area (Å²) >= 11 is 0. The second-order valence-corrected chi connectivity index (χ2v) is 4.58. The molecule has 2 aliphatic rings. The highest BCUT2D eigenvalue weighted by Gasteiger charge is 2.30. The van der Waals surface area contributed by atoms with Crippen LogP contribution in [0, 0.1) is 0 Å². The topological polar surface area (TPSA) is 53.5 Å². The molecule has 1 saturated heterocycles. The first-order valence-electron chi connectivity index (χ1n) is 5.92. The highest BCUT2D eigenvalue weighted by Crippen LogP contribution is 2.40. The molecule has 1 saturated carbocycles. The van der Waals surface area contributed by atoms with Crippen molar-refractivity contribution < 1.29 is 4.79 Å². The van der Waals surface area contributed by atoms with Crippen LogP contribution >= 0.6 is 0 Å². The lowest BCUT2D eigenvalue weighted by Gasteiger charge is -2.09. The monoisotopic (exact) mass is 229 g/mol. The van der Waals surface area contributed by atoms with Crippen LogP contribution in [0.1, 0.15) is 35.9 Å². The largest absolute Gasteiger partial charge is 0.340 e. The van der Waals surface area contributed by atoms with E-state index in [9.17, 15) is 4.79 Å². The lowest BCUT2D eigenvalue weighted by molar-refractivity contribution is -0.120. The summed E-state index contributed by atoms with van der Waals surface area (Å²) in [5, 5.41) is 5.80. The van der Waals surface area contributed by atoms with E-state index in [0.717, 1.165) is 5.56 Å². The van der Waals surface area contributed by atoms with Gasteiger partial charge in [0.2, 0.25) is 0 Å². The van der Waals surface area contributed by atoms with Gasteiger partial charge in [0.05, 0.1) is 0 Å². The van der Waals surface area contributed by atoms with E-state index in [-0.39, 0.29) is 11.9 Å². The maximum Gasteiger partial charge on any atom is 0.253 e. The van der Waals surface area contributed by atoms with E-state index in [1.807, 2.05) is 12.1 Å². The number of aliphatic imine (C=N–C) groups is 1. The zero-order valence-corrected chi connectivity index (χ0v) is 9.73. The molecule has 0 bridgehead atoms. The van der Waals surface area contributed by atoms with Gasteiger partial charge in [-0.3, -0.25) is 15.1 Å². The number of nitrogens with one attached hydrogen (secondary N) is 2. The molecule has 3 rings (SSSR count). The first-order chi connectivity index (χ1) is 8.28. The maximum atomic E-state index is 11.8. The molecular weight excluding hydrogens is 214 g/mol. The van der Waals surface area contributed by atoms with Gasteiger partial charge in [0.15, 0.2) is 5.96 Å². The van der Waals surface area contributed by atoms with E-state index in [1.54, 1.807) is 7.05 Å². The number of nitrogens with zero attached hydrogens (tertiary/aromatic N) is 1. The van der Waals surface area contributed by atoms with Crippen molar-refractivity contribution in [1.82, 2.24) is 10.6 Å². The summed E-state index contributed by atoms with van der Waals surface area (Å²) in [6, 6.07) is 7.99. The molecule has 17 heavy (non-hydrogen) atoms. The number of hydrogen-bond acceptors (Lipinski definition) is 2. The van der Waals surface area contributed by atoms with Crippen LogP contribution in [0.15, 0.2) is 29.3 Å². The number of hydrogen-bond donors (Lipinski definition) is 2. The minimum atomic E-state index is -0.299. The molecular formula is C13H15N3O. The molecule has 0 aromatic heterocycles. The Morgan fingerprint density at radius 3 is 2.71 bits per heavy atom. The van der Waals surface area contributed by atoms with Crippen LogP contribution < -0.4 is 10.6 Å². The van der Waals surface area contributed by atoms with Crippen LogP contribution in [0.3, 0.4) is 0 Å².